The third-order valence-electron chi connectivity index (χ3n) is 5.10. The van der Waals surface area contributed by atoms with Gasteiger partial charge in [-0.3, -0.25) is 0 Å². The quantitative estimate of drug-likeness (QED) is 0.683. The van der Waals surface area contributed by atoms with E-state index < -0.39 is 11.5 Å². The van der Waals surface area contributed by atoms with Crippen molar-refractivity contribution in [2.45, 2.75) is 12.8 Å². The highest BCUT2D eigenvalue weighted by molar-refractivity contribution is 5.86. The third-order valence-corrected chi connectivity index (χ3v) is 5.10. The average molecular weight is 390 g/mol. The molecule has 7 nitrogen and oxygen atoms in total. The van der Waals surface area contributed by atoms with Gasteiger partial charge in [0, 0.05) is 11.1 Å². The molecule has 2 aromatic carbocycles. The van der Waals surface area contributed by atoms with Gasteiger partial charge >= 0.3 is 5.63 Å². The second-order valence-electron chi connectivity index (χ2n) is 6.57. The minimum Gasteiger partial charge on any atom is -0.496 e. The Balaban J connectivity index is 2.10. The number of nitrogens with two attached hydrogens (primary N) is 1. The lowest BCUT2D eigenvalue weighted by molar-refractivity contribution is 0.375. The van der Waals surface area contributed by atoms with Crippen LogP contribution in [0.25, 0.3) is 11.0 Å². The molecule has 1 atom stereocenters. The maximum atomic E-state index is 13.0. The Morgan fingerprint density at radius 2 is 1.90 bits per heavy atom. The van der Waals surface area contributed by atoms with E-state index in [0.29, 0.717) is 28.0 Å². The average Bonchev–Trinajstić information content (AvgIpc) is 2.72. The molecule has 2 heterocycles. The van der Waals surface area contributed by atoms with E-state index in [0.717, 1.165) is 5.56 Å². The highest BCUT2D eigenvalue weighted by Crippen LogP contribution is 2.47. The number of ether oxygens (including phenoxy) is 3. The molecule has 7 heteroatoms. The van der Waals surface area contributed by atoms with Crippen LogP contribution in [0.15, 0.2) is 57.1 Å². The number of rotatable bonds is 3. The monoisotopic (exact) mass is 390 g/mol. The second kappa shape index (κ2) is 6.91. The van der Waals surface area contributed by atoms with Crippen LogP contribution in [0.4, 0.5) is 0 Å². The summed E-state index contributed by atoms with van der Waals surface area (Å²) in [7, 11) is 3.08. The molecule has 4 rings (SSSR count). The summed E-state index contributed by atoms with van der Waals surface area (Å²) >= 11 is 0. The van der Waals surface area contributed by atoms with Crippen molar-refractivity contribution in [3.05, 3.63) is 75.0 Å². The minimum atomic E-state index is -0.802. The molecule has 0 spiro atoms. The lowest BCUT2D eigenvalue weighted by atomic mass is 9.82. The van der Waals surface area contributed by atoms with Crippen molar-refractivity contribution in [2.24, 2.45) is 5.73 Å². The van der Waals surface area contributed by atoms with Crippen molar-refractivity contribution in [2.75, 3.05) is 14.2 Å². The predicted molar refractivity (Wildman–Crippen MR) is 106 cm³/mol. The summed E-state index contributed by atoms with van der Waals surface area (Å²) in [6, 6.07) is 12.6. The molecule has 3 aromatic rings. The smallest absolute Gasteiger partial charge is 0.344 e. The van der Waals surface area contributed by atoms with Crippen LogP contribution in [0.3, 0.4) is 0 Å². The zero-order valence-electron chi connectivity index (χ0n) is 16.1. The van der Waals surface area contributed by atoms with E-state index >= 15 is 0 Å². The molecule has 0 saturated heterocycles. The number of para-hydroxylation sites is 1. The third kappa shape index (κ3) is 2.69. The topological polar surface area (TPSA) is 108 Å². The van der Waals surface area contributed by atoms with Crippen LogP contribution in [-0.4, -0.2) is 14.2 Å². The van der Waals surface area contributed by atoms with Crippen LogP contribution in [0.5, 0.6) is 17.2 Å². The summed E-state index contributed by atoms with van der Waals surface area (Å²) in [6.45, 7) is 1.84. The Morgan fingerprint density at radius 1 is 1.14 bits per heavy atom. The molecule has 1 aliphatic rings. The SMILES string of the molecule is COc1ccc([C@H]2C(C#N)=C(N)Oc3c2c(=O)oc2ccccc32)c(OC)c1C. The number of hydrogen-bond donors (Lipinski definition) is 1. The molecule has 0 radical (unpaired) electrons. The molecule has 2 N–H and O–H groups in total. The first-order valence-electron chi connectivity index (χ1n) is 8.86. The van der Waals surface area contributed by atoms with E-state index in [4.69, 9.17) is 24.4 Å². The number of nitrogens with zero attached hydrogens (tertiary/aromatic N) is 1. The van der Waals surface area contributed by atoms with E-state index in [-0.39, 0.29) is 22.8 Å². The standard InChI is InChI=1S/C22H18N2O5/c1-11-15(26-2)9-8-13(19(11)27-3)17-14(10-23)21(24)29-20-12-6-4-5-7-16(12)28-22(25)18(17)20/h4-9,17H,24H2,1-3H3/t17-/m0/s1. The Hall–Kier alpha value is -3.92. The highest BCUT2D eigenvalue weighted by atomic mass is 16.5. The number of allylic oxidation sites excluding steroid dienone is 1. The van der Waals surface area contributed by atoms with Gasteiger partial charge in [0.15, 0.2) is 5.75 Å². The molecule has 0 saturated carbocycles. The second-order valence-corrected chi connectivity index (χ2v) is 6.57. The van der Waals surface area contributed by atoms with E-state index in [9.17, 15) is 10.1 Å². The molecule has 29 heavy (non-hydrogen) atoms. The number of hydrogen-bond acceptors (Lipinski definition) is 7. The number of benzene rings is 2. The Bertz CT molecular complexity index is 1270. The van der Waals surface area contributed by atoms with Gasteiger partial charge in [-0.25, -0.2) is 4.79 Å². The molecule has 1 aromatic heterocycles. The van der Waals surface area contributed by atoms with Gasteiger partial charge in [-0.05, 0) is 25.1 Å². The van der Waals surface area contributed by atoms with E-state index in [2.05, 4.69) is 6.07 Å². The van der Waals surface area contributed by atoms with Gasteiger partial charge in [0.1, 0.15) is 28.7 Å². The molecule has 0 bridgehead atoms. The predicted octanol–water partition coefficient (Wildman–Crippen LogP) is 3.34. The zero-order chi connectivity index (χ0) is 20.7. The molecule has 0 unspecified atom stereocenters. The molecule has 0 fully saturated rings. The van der Waals surface area contributed by atoms with Crippen molar-refractivity contribution >= 4 is 11.0 Å². The molecular formula is C22H18N2O5. The summed E-state index contributed by atoms with van der Waals surface area (Å²) in [5, 5.41) is 10.4. The normalized spacial score (nSPS) is 15.4. The van der Waals surface area contributed by atoms with Crippen LogP contribution in [0.1, 0.15) is 22.6 Å². The van der Waals surface area contributed by atoms with Crippen LogP contribution >= 0.6 is 0 Å². The van der Waals surface area contributed by atoms with Gasteiger partial charge in [-0.1, -0.05) is 18.2 Å². The van der Waals surface area contributed by atoms with Crippen molar-refractivity contribution < 1.29 is 18.6 Å². The number of nitriles is 1. The van der Waals surface area contributed by atoms with Crippen molar-refractivity contribution in [3.8, 4) is 23.3 Å². The van der Waals surface area contributed by atoms with Gasteiger partial charge in [-0.15, -0.1) is 0 Å². The molecule has 146 valence electrons. The lowest BCUT2D eigenvalue weighted by Gasteiger charge is -2.27. The molecule has 0 amide bonds. The number of fused-ring (bicyclic) bond motifs is 3. The summed E-state index contributed by atoms with van der Waals surface area (Å²) in [4.78, 5) is 13.0. The Morgan fingerprint density at radius 3 is 2.59 bits per heavy atom. The van der Waals surface area contributed by atoms with Crippen LogP contribution < -0.4 is 25.6 Å². The first-order valence-corrected chi connectivity index (χ1v) is 8.86. The summed E-state index contributed by atoms with van der Waals surface area (Å²) in [5.74, 6) is 0.545. The van der Waals surface area contributed by atoms with Gasteiger partial charge in [0.05, 0.1) is 31.1 Å². The number of methoxy groups -OCH3 is 2. The molecular weight excluding hydrogens is 372 g/mol. The molecule has 0 aliphatic carbocycles. The van der Waals surface area contributed by atoms with Crippen molar-refractivity contribution in [3.63, 3.8) is 0 Å². The van der Waals surface area contributed by atoms with E-state index in [1.807, 2.05) is 6.92 Å². The summed E-state index contributed by atoms with van der Waals surface area (Å²) < 4.78 is 22.2. The molecule has 1 aliphatic heterocycles. The first-order chi connectivity index (χ1) is 14.0. The summed E-state index contributed by atoms with van der Waals surface area (Å²) in [6.07, 6.45) is 0. The first kappa shape index (κ1) is 18.4. The van der Waals surface area contributed by atoms with Gasteiger partial charge in [-0.2, -0.15) is 5.26 Å². The maximum absolute atomic E-state index is 13.0. The van der Waals surface area contributed by atoms with Crippen LogP contribution in [0, 0.1) is 18.3 Å². The largest absolute Gasteiger partial charge is 0.496 e. The van der Waals surface area contributed by atoms with Crippen molar-refractivity contribution in [1.29, 1.82) is 5.26 Å². The van der Waals surface area contributed by atoms with Gasteiger partial charge in [0.2, 0.25) is 5.88 Å². The van der Waals surface area contributed by atoms with Gasteiger partial charge in [0.25, 0.3) is 0 Å². The highest BCUT2D eigenvalue weighted by Gasteiger charge is 2.37. The van der Waals surface area contributed by atoms with Gasteiger partial charge < -0.3 is 24.4 Å². The van der Waals surface area contributed by atoms with E-state index in [1.165, 1.54) is 7.11 Å². The van der Waals surface area contributed by atoms with E-state index in [1.54, 1.807) is 43.5 Å². The Labute approximate surface area is 166 Å². The lowest BCUT2D eigenvalue weighted by Crippen LogP contribution is -2.26. The fourth-order valence-corrected chi connectivity index (χ4v) is 3.79. The summed E-state index contributed by atoms with van der Waals surface area (Å²) in [5.41, 5.74) is 7.53. The van der Waals surface area contributed by atoms with Crippen molar-refractivity contribution in [1.82, 2.24) is 0 Å². The minimum absolute atomic E-state index is 0.0590. The fraction of sp³-hybridized carbons (Fsp3) is 0.182. The zero-order valence-corrected chi connectivity index (χ0v) is 16.1. The Kier molecular flexibility index (Phi) is 4.40. The maximum Gasteiger partial charge on any atom is 0.344 e. The van der Waals surface area contributed by atoms with Crippen LogP contribution in [-0.2, 0) is 0 Å². The van der Waals surface area contributed by atoms with Crippen LogP contribution in [0.2, 0.25) is 0 Å². The fourth-order valence-electron chi connectivity index (χ4n) is 3.79.